The van der Waals surface area contributed by atoms with Gasteiger partial charge in [0.1, 0.15) is 18.1 Å². The first-order valence-corrected chi connectivity index (χ1v) is 10.7. The van der Waals surface area contributed by atoms with Gasteiger partial charge in [0.05, 0.1) is 18.9 Å². The highest BCUT2D eigenvalue weighted by Gasteiger charge is 2.35. The number of halogens is 2. The number of anilines is 2. The predicted octanol–water partition coefficient (Wildman–Crippen LogP) is 2.96. The minimum atomic E-state index is -0.711. The second kappa shape index (κ2) is 9.49. The minimum Gasteiger partial charge on any atom is -0.378 e. The molecule has 8 nitrogen and oxygen atoms in total. The fourth-order valence-corrected chi connectivity index (χ4v) is 3.70. The van der Waals surface area contributed by atoms with Gasteiger partial charge in [0.25, 0.3) is 5.91 Å². The summed E-state index contributed by atoms with van der Waals surface area (Å²) in [6.07, 6.45) is 1.39. The van der Waals surface area contributed by atoms with Gasteiger partial charge in [-0.3, -0.25) is 9.59 Å². The Hall–Kier alpha value is -3.24. The highest BCUT2D eigenvalue weighted by Crippen LogP contribution is 2.23. The predicted molar refractivity (Wildman–Crippen MR) is 120 cm³/mol. The zero-order chi connectivity index (χ0) is 22.7. The lowest BCUT2D eigenvalue weighted by Crippen LogP contribution is -2.38. The molecule has 0 radical (unpaired) electrons. The molecule has 0 bridgehead atoms. The molecular formula is C22H20BrFN4O4. The third-order valence-corrected chi connectivity index (χ3v) is 5.56. The van der Waals surface area contributed by atoms with Crippen LogP contribution < -0.4 is 15.5 Å². The summed E-state index contributed by atoms with van der Waals surface area (Å²) in [6, 6.07) is 10.8. The molecular weight excluding hydrogens is 483 g/mol. The minimum absolute atomic E-state index is 0.0232. The van der Waals surface area contributed by atoms with Crippen LogP contribution in [0.3, 0.4) is 0 Å². The zero-order valence-corrected chi connectivity index (χ0v) is 18.5. The van der Waals surface area contributed by atoms with E-state index in [1.807, 2.05) is 4.90 Å². The van der Waals surface area contributed by atoms with Gasteiger partial charge in [0.15, 0.2) is 0 Å². The number of amides is 4. The average molecular weight is 503 g/mol. The first kappa shape index (κ1) is 22.0. The van der Waals surface area contributed by atoms with Gasteiger partial charge in [0.2, 0.25) is 5.91 Å². The maximum absolute atomic E-state index is 14.6. The third kappa shape index (κ3) is 4.97. The molecule has 0 saturated carbocycles. The molecule has 2 heterocycles. The lowest BCUT2D eigenvalue weighted by atomic mass is 10.1. The molecule has 0 aromatic heterocycles. The van der Waals surface area contributed by atoms with Gasteiger partial charge < -0.3 is 20.3 Å². The van der Waals surface area contributed by atoms with Gasteiger partial charge in [0, 0.05) is 23.2 Å². The highest BCUT2D eigenvalue weighted by molar-refractivity contribution is 9.10. The molecule has 4 rings (SSSR count). The van der Waals surface area contributed by atoms with Gasteiger partial charge in [-0.15, -0.1) is 0 Å². The summed E-state index contributed by atoms with van der Waals surface area (Å²) in [4.78, 5) is 39.8. The van der Waals surface area contributed by atoms with E-state index < -0.39 is 30.2 Å². The van der Waals surface area contributed by atoms with Gasteiger partial charge in [-0.05, 0) is 48.0 Å². The Kier molecular flexibility index (Phi) is 6.52. The first-order chi connectivity index (χ1) is 15.4. The number of imide groups is 1. The van der Waals surface area contributed by atoms with Crippen LogP contribution in [-0.4, -0.2) is 55.6 Å². The van der Waals surface area contributed by atoms with Gasteiger partial charge in [-0.2, -0.15) is 0 Å². The SMILES string of the molecule is O=C(CN1C(=O)N/C(=C\c2ccc(N3CCOCC3)c(F)c2)C1=O)Nc1ccc(Br)cc1. The second-order valence-electron chi connectivity index (χ2n) is 7.24. The van der Waals surface area contributed by atoms with Gasteiger partial charge >= 0.3 is 6.03 Å². The number of carbonyl (C=O) groups excluding carboxylic acids is 3. The van der Waals surface area contributed by atoms with E-state index in [2.05, 4.69) is 26.6 Å². The van der Waals surface area contributed by atoms with Crippen LogP contribution in [0.2, 0.25) is 0 Å². The molecule has 0 aliphatic carbocycles. The van der Waals surface area contributed by atoms with Crippen molar-refractivity contribution in [2.24, 2.45) is 0 Å². The molecule has 4 amide bonds. The molecule has 32 heavy (non-hydrogen) atoms. The maximum Gasteiger partial charge on any atom is 0.329 e. The number of ether oxygens (including phenoxy) is 1. The fraction of sp³-hybridized carbons (Fsp3) is 0.227. The van der Waals surface area contributed by atoms with E-state index >= 15 is 0 Å². The Morgan fingerprint density at radius 2 is 1.88 bits per heavy atom. The molecule has 0 spiro atoms. The molecule has 2 saturated heterocycles. The lowest BCUT2D eigenvalue weighted by Gasteiger charge is -2.29. The summed E-state index contributed by atoms with van der Waals surface area (Å²) in [7, 11) is 0. The lowest BCUT2D eigenvalue weighted by molar-refractivity contribution is -0.127. The van der Waals surface area contributed by atoms with E-state index in [4.69, 9.17) is 4.74 Å². The summed E-state index contributed by atoms with van der Waals surface area (Å²) in [5.74, 6) is -1.60. The van der Waals surface area contributed by atoms with Crippen molar-refractivity contribution in [3.63, 3.8) is 0 Å². The summed E-state index contributed by atoms with van der Waals surface area (Å²) in [5, 5.41) is 5.07. The van der Waals surface area contributed by atoms with E-state index in [9.17, 15) is 18.8 Å². The van der Waals surface area contributed by atoms with Gasteiger partial charge in [-0.25, -0.2) is 14.1 Å². The van der Waals surface area contributed by atoms with Crippen molar-refractivity contribution in [3.05, 3.63) is 64.0 Å². The number of urea groups is 1. The van der Waals surface area contributed by atoms with E-state index in [1.54, 1.807) is 36.4 Å². The number of benzene rings is 2. The molecule has 2 fully saturated rings. The average Bonchev–Trinajstić information content (AvgIpc) is 3.03. The molecule has 0 unspecified atom stereocenters. The van der Waals surface area contributed by atoms with Crippen LogP contribution in [0.15, 0.2) is 52.6 Å². The van der Waals surface area contributed by atoms with E-state index in [1.165, 1.54) is 12.1 Å². The van der Waals surface area contributed by atoms with Crippen LogP contribution in [-0.2, 0) is 14.3 Å². The van der Waals surface area contributed by atoms with Crippen molar-refractivity contribution in [2.45, 2.75) is 0 Å². The Morgan fingerprint density at radius 3 is 2.56 bits per heavy atom. The molecule has 2 aliphatic rings. The normalized spacial score (nSPS) is 17.6. The van der Waals surface area contributed by atoms with Crippen LogP contribution >= 0.6 is 15.9 Å². The van der Waals surface area contributed by atoms with Crippen LogP contribution in [0, 0.1) is 5.82 Å². The fourth-order valence-electron chi connectivity index (χ4n) is 3.43. The Balaban J connectivity index is 1.43. The van der Waals surface area contributed by atoms with Crippen molar-refractivity contribution in [2.75, 3.05) is 43.1 Å². The summed E-state index contributed by atoms with van der Waals surface area (Å²) >= 11 is 3.30. The van der Waals surface area contributed by atoms with Crippen LogP contribution in [0.4, 0.5) is 20.6 Å². The Bertz CT molecular complexity index is 1080. The highest BCUT2D eigenvalue weighted by atomic mass is 79.9. The third-order valence-electron chi connectivity index (χ3n) is 5.03. The first-order valence-electron chi connectivity index (χ1n) is 9.93. The van der Waals surface area contributed by atoms with Crippen molar-refractivity contribution >= 4 is 51.2 Å². The molecule has 2 aromatic rings. The molecule has 166 valence electrons. The standard InChI is InChI=1S/C22H20BrFN4O4/c23-15-2-4-16(5-3-15)25-20(29)13-28-21(30)18(26-22(28)31)12-14-1-6-19(17(24)11-14)27-7-9-32-10-8-27/h1-6,11-12H,7-10,13H2,(H,25,29)(H,26,31)/b18-12-. The number of nitrogens with zero attached hydrogens (tertiary/aromatic N) is 2. The van der Waals surface area contributed by atoms with E-state index in [-0.39, 0.29) is 5.70 Å². The molecule has 2 aromatic carbocycles. The van der Waals surface area contributed by atoms with E-state index in [0.717, 1.165) is 9.37 Å². The van der Waals surface area contributed by atoms with Crippen LogP contribution in [0.1, 0.15) is 5.56 Å². The van der Waals surface area contributed by atoms with Crippen molar-refractivity contribution in [3.8, 4) is 0 Å². The number of hydrogen-bond acceptors (Lipinski definition) is 5. The number of rotatable bonds is 5. The second-order valence-corrected chi connectivity index (χ2v) is 8.16. The Labute approximate surface area is 192 Å². The summed E-state index contributed by atoms with van der Waals surface area (Å²) in [5.41, 5.74) is 1.40. The largest absolute Gasteiger partial charge is 0.378 e. The molecule has 10 heteroatoms. The molecule has 2 aliphatic heterocycles. The maximum atomic E-state index is 14.6. The smallest absolute Gasteiger partial charge is 0.329 e. The number of morpholine rings is 1. The monoisotopic (exact) mass is 502 g/mol. The van der Waals surface area contributed by atoms with Crippen LogP contribution in [0.5, 0.6) is 0 Å². The number of carbonyl (C=O) groups is 3. The van der Waals surface area contributed by atoms with E-state index in [0.29, 0.717) is 43.2 Å². The van der Waals surface area contributed by atoms with Gasteiger partial charge in [-0.1, -0.05) is 22.0 Å². The molecule has 0 atom stereocenters. The van der Waals surface area contributed by atoms with Crippen molar-refractivity contribution in [1.82, 2.24) is 10.2 Å². The Morgan fingerprint density at radius 1 is 1.16 bits per heavy atom. The van der Waals surface area contributed by atoms with Crippen LogP contribution in [0.25, 0.3) is 6.08 Å². The summed E-state index contributed by atoms with van der Waals surface area (Å²) < 4.78 is 20.8. The van der Waals surface area contributed by atoms with Crippen molar-refractivity contribution < 1.29 is 23.5 Å². The number of nitrogens with one attached hydrogen (secondary N) is 2. The van der Waals surface area contributed by atoms with Crippen molar-refractivity contribution in [1.29, 1.82) is 0 Å². The number of hydrogen-bond donors (Lipinski definition) is 2. The zero-order valence-electron chi connectivity index (χ0n) is 16.9. The topological polar surface area (TPSA) is 91.0 Å². The molecule has 2 N–H and O–H groups in total. The summed E-state index contributed by atoms with van der Waals surface area (Å²) in [6.45, 7) is 1.84. The quantitative estimate of drug-likeness (QED) is 0.484.